The van der Waals surface area contributed by atoms with Crippen molar-refractivity contribution in [1.82, 2.24) is 0 Å². The molecule has 2 aromatic carbocycles. The number of anilines is 1. The van der Waals surface area contributed by atoms with Crippen LogP contribution in [0.1, 0.15) is 21.5 Å². The smallest absolute Gasteiger partial charge is 0.262 e. The van der Waals surface area contributed by atoms with E-state index >= 15 is 0 Å². The van der Waals surface area contributed by atoms with Gasteiger partial charge in [-0.25, -0.2) is 0 Å². The zero-order valence-corrected chi connectivity index (χ0v) is 15.3. The fourth-order valence-corrected chi connectivity index (χ4v) is 2.72. The number of methoxy groups -OCH3 is 1. The van der Waals surface area contributed by atoms with E-state index in [-0.39, 0.29) is 12.5 Å². The zero-order valence-electron chi connectivity index (χ0n) is 13.7. The number of carbonyl (C=O) groups is 2. The van der Waals surface area contributed by atoms with Gasteiger partial charge in [-0.2, -0.15) is 0 Å². The Morgan fingerprint density at radius 2 is 1.79 bits per heavy atom. The van der Waals surface area contributed by atoms with E-state index in [1.807, 2.05) is 32.0 Å². The van der Waals surface area contributed by atoms with Crippen molar-refractivity contribution in [3.63, 3.8) is 0 Å². The van der Waals surface area contributed by atoms with Crippen molar-refractivity contribution in [3.8, 4) is 11.5 Å². The molecule has 0 spiro atoms. The molecule has 0 aromatic heterocycles. The summed E-state index contributed by atoms with van der Waals surface area (Å²) in [6.45, 7) is 3.74. The molecule has 0 aliphatic carbocycles. The number of rotatable bonds is 6. The largest absolute Gasteiger partial charge is 0.493 e. The van der Waals surface area contributed by atoms with E-state index in [2.05, 4.69) is 21.2 Å². The predicted octanol–water partition coefficient (Wildman–Crippen LogP) is 3.90. The highest BCUT2D eigenvalue weighted by Crippen LogP contribution is 2.32. The van der Waals surface area contributed by atoms with Crippen LogP contribution in [-0.4, -0.2) is 25.9 Å². The number of nitrogens with one attached hydrogen (secondary N) is 1. The lowest BCUT2D eigenvalue weighted by Gasteiger charge is -2.12. The number of hydrogen-bond donors (Lipinski definition) is 1. The first-order valence-corrected chi connectivity index (χ1v) is 8.06. The summed E-state index contributed by atoms with van der Waals surface area (Å²) < 4.78 is 11.3. The number of benzene rings is 2. The number of aldehydes is 1. The van der Waals surface area contributed by atoms with Gasteiger partial charge in [0.05, 0.1) is 7.11 Å². The van der Waals surface area contributed by atoms with Gasteiger partial charge in [0.1, 0.15) is 0 Å². The Hall–Kier alpha value is -2.34. The number of carbonyl (C=O) groups excluding carboxylic acids is 2. The second kappa shape index (κ2) is 7.97. The summed E-state index contributed by atoms with van der Waals surface area (Å²) in [4.78, 5) is 23.1. The molecule has 0 radical (unpaired) electrons. The van der Waals surface area contributed by atoms with Gasteiger partial charge in [0, 0.05) is 15.7 Å². The lowest BCUT2D eigenvalue weighted by atomic mass is 10.1. The number of hydrogen-bond acceptors (Lipinski definition) is 4. The Morgan fingerprint density at radius 1 is 1.12 bits per heavy atom. The van der Waals surface area contributed by atoms with Crippen LogP contribution in [0.4, 0.5) is 5.69 Å². The summed E-state index contributed by atoms with van der Waals surface area (Å²) >= 11 is 3.27. The average molecular weight is 392 g/mol. The SMILES string of the molecule is COc1cc(Br)c(C=O)cc1OCC(=O)Nc1cc(C)cc(C)c1. The minimum Gasteiger partial charge on any atom is -0.493 e. The van der Waals surface area contributed by atoms with Crippen LogP contribution in [0.3, 0.4) is 0 Å². The Morgan fingerprint density at radius 3 is 2.38 bits per heavy atom. The average Bonchev–Trinajstić information content (AvgIpc) is 2.52. The molecule has 0 bridgehead atoms. The summed E-state index contributed by atoms with van der Waals surface area (Å²) in [7, 11) is 1.49. The first-order valence-electron chi connectivity index (χ1n) is 7.26. The Bertz CT molecular complexity index is 754. The third-order valence-electron chi connectivity index (χ3n) is 3.27. The normalized spacial score (nSPS) is 10.2. The first kappa shape index (κ1) is 18.0. The Labute approximate surface area is 149 Å². The van der Waals surface area contributed by atoms with E-state index in [0.29, 0.717) is 27.8 Å². The van der Waals surface area contributed by atoms with Crippen molar-refractivity contribution in [1.29, 1.82) is 0 Å². The van der Waals surface area contributed by atoms with Crippen molar-refractivity contribution >= 4 is 33.8 Å². The summed E-state index contributed by atoms with van der Waals surface area (Å²) in [5.74, 6) is 0.475. The van der Waals surface area contributed by atoms with E-state index < -0.39 is 0 Å². The fraction of sp³-hybridized carbons (Fsp3) is 0.222. The number of halogens is 1. The minimum absolute atomic E-state index is 0.191. The van der Waals surface area contributed by atoms with Crippen molar-refractivity contribution in [2.45, 2.75) is 13.8 Å². The first-order chi connectivity index (χ1) is 11.4. The number of amides is 1. The van der Waals surface area contributed by atoms with Gasteiger partial charge in [-0.1, -0.05) is 6.07 Å². The molecular formula is C18H18BrNO4. The summed E-state index contributed by atoms with van der Waals surface area (Å²) in [5, 5.41) is 2.79. The number of ether oxygens (including phenoxy) is 2. The topological polar surface area (TPSA) is 64.6 Å². The predicted molar refractivity (Wildman–Crippen MR) is 96.1 cm³/mol. The molecule has 0 heterocycles. The monoisotopic (exact) mass is 391 g/mol. The van der Waals surface area contributed by atoms with E-state index in [1.165, 1.54) is 13.2 Å². The third kappa shape index (κ3) is 4.58. The molecule has 1 amide bonds. The second-order valence-corrected chi connectivity index (χ2v) is 6.21. The molecule has 0 unspecified atom stereocenters. The third-order valence-corrected chi connectivity index (χ3v) is 3.96. The molecule has 0 aliphatic rings. The Balaban J connectivity index is 2.07. The molecule has 126 valence electrons. The lowest BCUT2D eigenvalue weighted by Crippen LogP contribution is -2.20. The molecule has 2 rings (SSSR count). The van der Waals surface area contributed by atoms with Crippen molar-refractivity contribution in [3.05, 3.63) is 51.5 Å². The maximum absolute atomic E-state index is 12.1. The van der Waals surface area contributed by atoms with E-state index in [1.54, 1.807) is 6.07 Å². The van der Waals surface area contributed by atoms with Crippen LogP contribution in [0.2, 0.25) is 0 Å². The molecule has 2 aromatic rings. The van der Waals surface area contributed by atoms with Crippen LogP contribution in [-0.2, 0) is 4.79 Å². The van der Waals surface area contributed by atoms with Crippen LogP contribution in [0, 0.1) is 13.8 Å². The second-order valence-electron chi connectivity index (χ2n) is 5.36. The van der Waals surface area contributed by atoms with Crippen molar-refractivity contribution in [2.75, 3.05) is 19.0 Å². The minimum atomic E-state index is -0.294. The van der Waals surface area contributed by atoms with Gasteiger partial charge < -0.3 is 14.8 Å². The van der Waals surface area contributed by atoms with Gasteiger partial charge in [0.2, 0.25) is 0 Å². The summed E-state index contributed by atoms with van der Waals surface area (Å²) in [6, 6.07) is 8.95. The van der Waals surface area contributed by atoms with Gasteiger partial charge in [-0.15, -0.1) is 0 Å². The van der Waals surface area contributed by atoms with Crippen LogP contribution in [0.15, 0.2) is 34.8 Å². The maximum Gasteiger partial charge on any atom is 0.262 e. The van der Waals surface area contributed by atoms with Crippen LogP contribution in [0.25, 0.3) is 0 Å². The molecule has 24 heavy (non-hydrogen) atoms. The quantitative estimate of drug-likeness (QED) is 0.758. The number of aryl methyl sites for hydroxylation is 2. The molecule has 6 heteroatoms. The highest BCUT2D eigenvalue weighted by molar-refractivity contribution is 9.10. The van der Waals surface area contributed by atoms with Gasteiger partial charge in [-0.05, 0) is 65.2 Å². The summed E-state index contributed by atoms with van der Waals surface area (Å²) in [6.07, 6.45) is 0.700. The van der Waals surface area contributed by atoms with Crippen LogP contribution >= 0.6 is 15.9 Å². The molecule has 0 saturated carbocycles. The molecule has 1 N–H and O–H groups in total. The molecule has 0 saturated heterocycles. The standard InChI is InChI=1S/C18H18BrNO4/c1-11-4-12(2)6-14(5-11)20-18(22)10-24-17-7-13(9-21)15(19)8-16(17)23-3/h4-9H,10H2,1-3H3,(H,20,22). The zero-order chi connectivity index (χ0) is 17.7. The molecule has 0 aliphatic heterocycles. The molecule has 0 fully saturated rings. The van der Waals surface area contributed by atoms with Crippen LogP contribution in [0.5, 0.6) is 11.5 Å². The van der Waals surface area contributed by atoms with Gasteiger partial charge in [-0.3, -0.25) is 9.59 Å². The molecular weight excluding hydrogens is 374 g/mol. The van der Waals surface area contributed by atoms with Crippen LogP contribution < -0.4 is 14.8 Å². The van der Waals surface area contributed by atoms with E-state index in [9.17, 15) is 9.59 Å². The van der Waals surface area contributed by atoms with Gasteiger partial charge >= 0.3 is 0 Å². The van der Waals surface area contributed by atoms with E-state index in [0.717, 1.165) is 16.8 Å². The Kier molecular flexibility index (Phi) is 5.98. The lowest BCUT2D eigenvalue weighted by molar-refractivity contribution is -0.118. The fourth-order valence-electron chi connectivity index (χ4n) is 2.30. The maximum atomic E-state index is 12.1. The van der Waals surface area contributed by atoms with Crippen molar-refractivity contribution < 1.29 is 19.1 Å². The van der Waals surface area contributed by atoms with Gasteiger partial charge in [0.25, 0.3) is 5.91 Å². The highest BCUT2D eigenvalue weighted by Gasteiger charge is 2.12. The molecule has 5 nitrogen and oxygen atoms in total. The highest BCUT2D eigenvalue weighted by atomic mass is 79.9. The van der Waals surface area contributed by atoms with E-state index in [4.69, 9.17) is 9.47 Å². The van der Waals surface area contributed by atoms with Crippen molar-refractivity contribution in [2.24, 2.45) is 0 Å². The van der Waals surface area contributed by atoms with Gasteiger partial charge in [0.15, 0.2) is 24.4 Å². The molecule has 0 atom stereocenters. The summed E-state index contributed by atoms with van der Waals surface area (Å²) in [5.41, 5.74) is 3.27.